The summed E-state index contributed by atoms with van der Waals surface area (Å²) in [6, 6.07) is 3.48. The van der Waals surface area contributed by atoms with Gasteiger partial charge in [0.2, 0.25) is 0 Å². The third-order valence-electron chi connectivity index (χ3n) is 1.20. The van der Waals surface area contributed by atoms with Crippen molar-refractivity contribution in [3.63, 3.8) is 0 Å². The maximum absolute atomic E-state index is 11.0. The molecule has 0 bridgehead atoms. The van der Waals surface area contributed by atoms with Crippen molar-refractivity contribution < 1.29 is 4.79 Å². The van der Waals surface area contributed by atoms with Gasteiger partial charge in [-0.15, -0.1) is 0 Å². The van der Waals surface area contributed by atoms with Crippen LogP contribution in [0.2, 0.25) is 0 Å². The molecule has 0 aliphatic heterocycles. The van der Waals surface area contributed by atoms with E-state index in [0.717, 1.165) is 4.47 Å². The molecule has 0 spiro atoms. The van der Waals surface area contributed by atoms with E-state index in [9.17, 15) is 4.79 Å². The molecule has 0 aliphatic carbocycles. The van der Waals surface area contributed by atoms with E-state index in [1.54, 1.807) is 25.3 Å². The number of hydrogen-bond donors (Lipinski definition) is 1. The third-order valence-corrected chi connectivity index (χ3v) is 1.70. The highest BCUT2D eigenvalue weighted by Crippen LogP contribution is 2.12. The summed E-state index contributed by atoms with van der Waals surface area (Å²) in [6.45, 7) is 1.61. The second kappa shape index (κ2) is 4.63. The Balaban J connectivity index is 2.73. The number of rotatable bonds is 1. The average Bonchev–Trinajstić information content (AvgIpc) is 2.04. The molecule has 0 unspecified atom stereocenters. The zero-order valence-electron chi connectivity index (χ0n) is 6.97. The maximum Gasteiger partial charge on any atom is 0.301 e. The predicted molar refractivity (Wildman–Crippen MR) is 54.0 cm³/mol. The lowest BCUT2D eigenvalue weighted by molar-refractivity contribution is -0.111. The van der Waals surface area contributed by atoms with Crippen LogP contribution in [0.15, 0.2) is 22.8 Å². The molecule has 4 heteroatoms. The van der Waals surface area contributed by atoms with Crippen molar-refractivity contribution in [1.29, 1.82) is 0 Å². The highest BCUT2D eigenvalue weighted by molar-refractivity contribution is 9.10. The van der Waals surface area contributed by atoms with E-state index in [1.165, 1.54) is 0 Å². The molecule has 0 saturated heterocycles. The highest BCUT2D eigenvalue weighted by atomic mass is 79.9. The summed E-state index contributed by atoms with van der Waals surface area (Å²) < 4.78 is 0.863. The first-order valence-corrected chi connectivity index (χ1v) is 4.37. The normalized spacial score (nSPS) is 8.46. The zero-order chi connectivity index (χ0) is 9.68. The largest absolute Gasteiger partial charge is 0.301 e. The molecule has 1 rings (SSSR count). The van der Waals surface area contributed by atoms with Crippen molar-refractivity contribution in [2.75, 3.05) is 5.32 Å². The van der Waals surface area contributed by atoms with E-state index >= 15 is 0 Å². The molecule has 13 heavy (non-hydrogen) atoms. The number of carbonyl (C=O) groups excluding carboxylic acids is 1. The van der Waals surface area contributed by atoms with Gasteiger partial charge in [-0.2, -0.15) is 0 Å². The minimum Gasteiger partial charge on any atom is -0.300 e. The molecule has 1 amide bonds. The Hall–Kier alpha value is -1.34. The van der Waals surface area contributed by atoms with Crippen molar-refractivity contribution >= 4 is 27.7 Å². The first-order chi connectivity index (χ1) is 6.22. The summed E-state index contributed by atoms with van der Waals surface area (Å²) in [5.41, 5.74) is 0. The monoisotopic (exact) mass is 238 g/mol. The van der Waals surface area contributed by atoms with E-state index in [2.05, 4.69) is 38.1 Å². The Bertz CT molecular complexity index is 379. The van der Waals surface area contributed by atoms with Gasteiger partial charge < -0.3 is 0 Å². The van der Waals surface area contributed by atoms with Crippen LogP contribution in [0.25, 0.3) is 0 Å². The van der Waals surface area contributed by atoms with Gasteiger partial charge in [0.15, 0.2) is 0 Å². The number of amides is 1. The van der Waals surface area contributed by atoms with Gasteiger partial charge in [0.05, 0.1) is 0 Å². The van der Waals surface area contributed by atoms with Gasteiger partial charge in [-0.3, -0.25) is 10.1 Å². The van der Waals surface area contributed by atoms with Crippen LogP contribution in [0.3, 0.4) is 0 Å². The molecule has 3 nitrogen and oxygen atoms in total. The van der Waals surface area contributed by atoms with Crippen LogP contribution in [0.5, 0.6) is 0 Å². The number of nitrogens with one attached hydrogen (secondary N) is 1. The van der Waals surface area contributed by atoms with Crippen molar-refractivity contribution in [1.82, 2.24) is 4.98 Å². The minimum absolute atomic E-state index is 0.354. The Kier molecular flexibility index (Phi) is 3.47. The molecule has 1 heterocycles. The molecule has 1 N–H and O–H groups in total. The predicted octanol–water partition coefficient (Wildman–Crippen LogP) is 1.81. The van der Waals surface area contributed by atoms with Crippen LogP contribution in [0.4, 0.5) is 5.82 Å². The van der Waals surface area contributed by atoms with E-state index in [4.69, 9.17) is 0 Å². The van der Waals surface area contributed by atoms with Gasteiger partial charge in [-0.05, 0) is 25.0 Å². The fourth-order valence-corrected chi connectivity index (χ4v) is 1.07. The smallest absolute Gasteiger partial charge is 0.300 e. The van der Waals surface area contributed by atoms with Crippen molar-refractivity contribution in [3.05, 3.63) is 22.8 Å². The minimum atomic E-state index is -0.354. The van der Waals surface area contributed by atoms with E-state index in [1.807, 2.05) is 0 Å². The molecule has 66 valence electrons. The molecular weight excluding hydrogens is 232 g/mol. The number of anilines is 1. The molecule has 0 aromatic carbocycles. The molecule has 0 atom stereocenters. The Labute approximate surface area is 84.7 Å². The van der Waals surface area contributed by atoms with Gasteiger partial charge in [0.1, 0.15) is 5.82 Å². The fourth-order valence-electron chi connectivity index (χ4n) is 0.734. The van der Waals surface area contributed by atoms with Crippen LogP contribution in [-0.4, -0.2) is 10.9 Å². The van der Waals surface area contributed by atoms with Crippen LogP contribution in [0.1, 0.15) is 6.92 Å². The lowest BCUT2D eigenvalue weighted by Gasteiger charge is -1.98. The molecule has 0 radical (unpaired) electrons. The number of aromatic nitrogens is 1. The maximum atomic E-state index is 11.0. The highest BCUT2D eigenvalue weighted by Gasteiger charge is 1.98. The van der Waals surface area contributed by atoms with Crippen LogP contribution in [-0.2, 0) is 4.79 Å². The number of pyridine rings is 1. The summed E-state index contributed by atoms with van der Waals surface area (Å²) in [7, 11) is 0. The lowest BCUT2D eigenvalue weighted by atomic mass is 10.4. The molecular formula is C9H7BrN2O. The van der Waals surface area contributed by atoms with Crippen LogP contribution < -0.4 is 5.32 Å². The molecule has 1 aromatic heterocycles. The fraction of sp³-hybridized carbons (Fsp3) is 0.111. The molecule has 1 aromatic rings. The standard InChI is InChI=1S/C9H7BrN2O/c1-2-3-9(13)12-8-6-7(10)4-5-11-8/h4-6H,1H3,(H,11,12,13). The Morgan fingerprint density at radius 3 is 3.08 bits per heavy atom. The summed E-state index contributed by atoms with van der Waals surface area (Å²) in [4.78, 5) is 14.9. The molecule has 0 fully saturated rings. The second-order valence-electron chi connectivity index (χ2n) is 2.19. The van der Waals surface area contributed by atoms with Gasteiger partial charge in [-0.1, -0.05) is 21.9 Å². The van der Waals surface area contributed by atoms with Crippen LogP contribution in [0, 0.1) is 11.8 Å². The van der Waals surface area contributed by atoms with Gasteiger partial charge in [0, 0.05) is 10.7 Å². The van der Waals surface area contributed by atoms with Gasteiger partial charge in [-0.25, -0.2) is 4.98 Å². The SMILES string of the molecule is CC#CC(=O)Nc1cc(Br)ccn1. The van der Waals surface area contributed by atoms with Crippen molar-refractivity contribution in [2.24, 2.45) is 0 Å². The number of carbonyl (C=O) groups is 1. The van der Waals surface area contributed by atoms with E-state index in [-0.39, 0.29) is 5.91 Å². The van der Waals surface area contributed by atoms with Crippen molar-refractivity contribution in [3.8, 4) is 11.8 Å². The number of nitrogens with zero attached hydrogens (tertiary/aromatic N) is 1. The quantitative estimate of drug-likeness (QED) is 0.759. The number of hydrogen-bond acceptors (Lipinski definition) is 2. The topological polar surface area (TPSA) is 42.0 Å². The summed E-state index contributed by atoms with van der Waals surface area (Å²) in [5, 5.41) is 2.53. The third kappa shape index (κ3) is 3.26. The van der Waals surface area contributed by atoms with E-state index in [0.29, 0.717) is 5.82 Å². The average molecular weight is 239 g/mol. The van der Waals surface area contributed by atoms with Crippen molar-refractivity contribution in [2.45, 2.75) is 6.92 Å². The Morgan fingerprint density at radius 1 is 1.69 bits per heavy atom. The Morgan fingerprint density at radius 2 is 2.46 bits per heavy atom. The second-order valence-corrected chi connectivity index (χ2v) is 3.10. The zero-order valence-corrected chi connectivity index (χ0v) is 8.55. The van der Waals surface area contributed by atoms with Crippen LogP contribution >= 0.6 is 15.9 Å². The first kappa shape index (κ1) is 9.75. The van der Waals surface area contributed by atoms with E-state index < -0.39 is 0 Å². The molecule has 0 saturated carbocycles. The number of halogens is 1. The van der Waals surface area contributed by atoms with Gasteiger partial charge in [0.25, 0.3) is 0 Å². The molecule has 0 aliphatic rings. The lowest BCUT2D eigenvalue weighted by Crippen LogP contribution is -2.09. The summed E-state index contributed by atoms with van der Waals surface area (Å²) in [5.74, 6) is 4.99. The first-order valence-electron chi connectivity index (χ1n) is 3.57. The van der Waals surface area contributed by atoms with Gasteiger partial charge >= 0.3 is 5.91 Å². The summed E-state index contributed by atoms with van der Waals surface area (Å²) >= 11 is 3.26. The summed E-state index contributed by atoms with van der Waals surface area (Å²) in [6.07, 6.45) is 1.60.